The summed E-state index contributed by atoms with van der Waals surface area (Å²) in [5, 5.41) is 19.1. The van der Waals surface area contributed by atoms with Crippen molar-refractivity contribution in [1.82, 2.24) is 0 Å². The maximum Gasteiger partial charge on any atom is 0.306 e. The lowest BCUT2D eigenvalue weighted by atomic mass is 9.94. The first kappa shape index (κ1) is 28.5. The number of benzene rings is 3. The van der Waals surface area contributed by atoms with E-state index in [2.05, 4.69) is 26.0 Å². The quantitative estimate of drug-likeness (QED) is 0.234. The van der Waals surface area contributed by atoms with Gasteiger partial charge >= 0.3 is 5.97 Å². The van der Waals surface area contributed by atoms with Crippen molar-refractivity contribution in [2.45, 2.75) is 58.2 Å². The van der Waals surface area contributed by atoms with Gasteiger partial charge in [-0.05, 0) is 85.7 Å². The zero-order chi connectivity index (χ0) is 28.0. The van der Waals surface area contributed by atoms with Gasteiger partial charge in [-0.25, -0.2) is 0 Å². The summed E-state index contributed by atoms with van der Waals surface area (Å²) in [6.07, 6.45) is 1.43. The van der Waals surface area contributed by atoms with Crippen molar-refractivity contribution in [3.8, 4) is 28.4 Å². The second-order valence-electron chi connectivity index (χ2n) is 10.5. The lowest BCUT2D eigenvalue weighted by Crippen LogP contribution is -2.29. The maximum atomic E-state index is 11.7. The summed E-state index contributed by atoms with van der Waals surface area (Å²) < 4.78 is 22.6. The smallest absolute Gasteiger partial charge is 0.306 e. The SMILES string of the molecule is COC(=O)C[C@@H]1COc2cc(OCc3cccc(-c4c(C)cc(OCCCC(C)(O)CO)cc4C)c3)ccc21. The Balaban J connectivity index is 1.39. The van der Waals surface area contributed by atoms with Crippen molar-refractivity contribution >= 4 is 5.97 Å². The minimum absolute atomic E-state index is 0.00376. The van der Waals surface area contributed by atoms with E-state index in [1.54, 1.807) is 6.92 Å². The number of hydrogen-bond acceptors (Lipinski definition) is 7. The molecule has 0 saturated heterocycles. The van der Waals surface area contributed by atoms with Crippen LogP contribution < -0.4 is 14.2 Å². The van der Waals surface area contributed by atoms with Crippen LogP contribution in [0.4, 0.5) is 0 Å². The monoisotopic (exact) mass is 534 g/mol. The predicted molar refractivity (Wildman–Crippen MR) is 149 cm³/mol. The molecule has 0 bridgehead atoms. The third-order valence-corrected chi connectivity index (χ3v) is 7.10. The minimum Gasteiger partial charge on any atom is -0.494 e. The van der Waals surface area contributed by atoms with E-state index in [1.807, 2.05) is 42.5 Å². The van der Waals surface area contributed by atoms with Crippen LogP contribution in [0.15, 0.2) is 54.6 Å². The Morgan fingerprint density at radius 1 is 1.05 bits per heavy atom. The molecule has 0 spiro atoms. The first-order valence-electron chi connectivity index (χ1n) is 13.3. The second kappa shape index (κ2) is 12.5. The molecule has 4 rings (SSSR count). The highest BCUT2D eigenvalue weighted by molar-refractivity contribution is 5.72. The molecule has 0 fully saturated rings. The Kier molecular flexibility index (Phi) is 9.15. The van der Waals surface area contributed by atoms with Crippen LogP contribution in [0.3, 0.4) is 0 Å². The first-order valence-corrected chi connectivity index (χ1v) is 13.3. The zero-order valence-corrected chi connectivity index (χ0v) is 23.2. The molecule has 0 radical (unpaired) electrons. The molecule has 7 heteroatoms. The standard InChI is InChI=1S/C32H38O7/c1-21-13-27(37-12-6-11-32(3,35)20-33)14-22(2)31(21)24-8-5-7-23(15-24)18-38-26-9-10-28-25(16-30(34)36-4)19-39-29(28)17-26/h5,7-10,13-15,17,25,33,35H,6,11-12,16,18-20H2,1-4H3/t25-,32?/m1/s1. The number of carbonyl (C=O) groups is 1. The summed E-state index contributed by atoms with van der Waals surface area (Å²) in [6, 6.07) is 18.2. The summed E-state index contributed by atoms with van der Waals surface area (Å²) in [4.78, 5) is 11.7. The Labute approximate surface area is 230 Å². The van der Waals surface area contributed by atoms with Gasteiger partial charge in [0.15, 0.2) is 0 Å². The van der Waals surface area contributed by atoms with E-state index in [1.165, 1.54) is 7.11 Å². The highest BCUT2D eigenvalue weighted by Crippen LogP contribution is 2.39. The maximum absolute atomic E-state index is 11.7. The molecule has 0 aromatic heterocycles. The molecule has 1 unspecified atom stereocenters. The highest BCUT2D eigenvalue weighted by Gasteiger charge is 2.27. The van der Waals surface area contributed by atoms with Crippen LogP contribution >= 0.6 is 0 Å². The van der Waals surface area contributed by atoms with Crippen molar-refractivity contribution in [3.05, 3.63) is 76.9 Å². The highest BCUT2D eigenvalue weighted by atomic mass is 16.5. The summed E-state index contributed by atoms with van der Waals surface area (Å²) >= 11 is 0. The number of aryl methyl sites for hydroxylation is 2. The molecular formula is C32H38O7. The van der Waals surface area contributed by atoms with E-state index >= 15 is 0 Å². The van der Waals surface area contributed by atoms with E-state index < -0.39 is 5.60 Å². The molecule has 0 saturated carbocycles. The number of methoxy groups -OCH3 is 1. The van der Waals surface area contributed by atoms with E-state index in [0.29, 0.717) is 44.8 Å². The van der Waals surface area contributed by atoms with Gasteiger partial charge in [0.25, 0.3) is 0 Å². The molecule has 2 N–H and O–H groups in total. The van der Waals surface area contributed by atoms with Crippen molar-refractivity contribution < 1.29 is 34.0 Å². The Hall–Kier alpha value is -3.55. The Morgan fingerprint density at radius 3 is 2.54 bits per heavy atom. The predicted octanol–water partition coefficient (Wildman–Crippen LogP) is 5.49. The molecule has 1 heterocycles. The number of fused-ring (bicyclic) bond motifs is 1. The van der Waals surface area contributed by atoms with Crippen molar-refractivity contribution in [3.63, 3.8) is 0 Å². The van der Waals surface area contributed by atoms with Gasteiger partial charge in [-0.3, -0.25) is 4.79 Å². The fraction of sp³-hybridized carbons (Fsp3) is 0.406. The van der Waals surface area contributed by atoms with Crippen molar-refractivity contribution in [2.75, 3.05) is 26.9 Å². The van der Waals surface area contributed by atoms with Gasteiger partial charge in [0.05, 0.1) is 39.0 Å². The zero-order valence-electron chi connectivity index (χ0n) is 23.2. The summed E-state index contributed by atoms with van der Waals surface area (Å²) in [6.45, 7) is 6.87. The van der Waals surface area contributed by atoms with Gasteiger partial charge < -0.3 is 29.2 Å². The van der Waals surface area contributed by atoms with Gasteiger partial charge in [-0.2, -0.15) is 0 Å². The minimum atomic E-state index is -1.07. The van der Waals surface area contributed by atoms with Gasteiger partial charge in [-0.15, -0.1) is 0 Å². The average molecular weight is 535 g/mol. The number of esters is 1. The molecule has 208 valence electrons. The van der Waals surface area contributed by atoms with E-state index in [4.69, 9.17) is 18.9 Å². The van der Waals surface area contributed by atoms with Crippen LogP contribution in [-0.4, -0.2) is 48.7 Å². The van der Waals surface area contributed by atoms with Crippen LogP contribution in [-0.2, 0) is 16.1 Å². The summed E-state index contributed by atoms with van der Waals surface area (Å²) in [5.74, 6) is 2.03. The fourth-order valence-electron chi connectivity index (χ4n) is 4.97. The molecule has 1 aliphatic heterocycles. The number of aliphatic hydroxyl groups is 2. The molecule has 3 aromatic rings. The van der Waals surface area contributed by atoms with Gasteiger partial charge in [0.1, 0.15) is 23.9 Å². The number of aliphatic hydroxyl groups excluding tert-OH is 1. The number of carbonyl (C=O) groups excluding carboxylic acids is 1. The topological polar surface area (TPSA) is 94.5 Å². The Morgan fingerprint density at radius 2 is 1.82 bits per heavy atom. The molecule has 2 atom stereocenters. The van der Waals surface area contributed by atoms with Crippen LogP contribution in [0.25, 0.3) is 11.1 Å². The normalized spacial score (nSPS) is 15.7. The molecular weight excluding hydrogens is 496 g/mol. The first-order chi connectivity index (χ1) is 18.7. The number of rotatable bonds is 12. The van der Waals surface area contributed by atoms with Crippen molar-refractivity contribution in [2.24, 2.45) is 0 Å². The van der Waals surface area contributed by atoms with Crippen LogP contribution in [0.5, 0.6) is 17.2 Å². The van der Waals surface area contributed by atoms with Crippen LogP contribution in [0, 0.1) is 13.8 Å². The second-order valence-corrected chi connectivity index (χ2v) is 10.5. The summed E-state index contributed by atoms with van der Waals surface area (Å²) in [5.41, 5.74) is 5.48. The third-order valence-electron chi connectivity index (χ3n) is 7.10. The third kappa shape index (κ3) is 7.31. The lowest BCUT2D eigenvalue weighted by molar-refractivity contribution is -0.141. The molecule has 1 aliphatic rings. The molecule has 0 amide bonds. The Bertz CT molecular complexity index is 1270. The lowest BCUT2D eigenvalue weighted by Gasteiger charge is -2.20. The van der Waals surface area contributed by atoms with Gasteiger partial charge in [0, 0.05) is 17.5 Å². The van der Waals surface area contributed by atoms with E-state index in [9.17, 15) is 15.0 Å². The number of hydrogen-bond donors (Lipinski definition) is 2. The average Bonchev–Trinajstić information content (AvgIpc) is 3.31. The molecule has 39 heavy (non-hydrogen) atoms. The van der Waals surface area contributed by atoms with Gasteiger partial charge in [0.2, 0.25) is 0 Å². The fourth-order valence-corrected chi connectivity index (χ4v) is 4.97. The molecule has 7 nitrogen and oxygen atoms in total. The van der Waals surface area contributed by atoms with Crippen LogP contribution in [0.1, 0.15) is 54.4 Å². The molecule has 3 aromatic carbocycles. The summed E-state index contributed by atoms with van der Waals surface area (Å²) in [7, 11) is 1.40. The molecule has 0 aliphatic carbocycles. The number of ether oxygens (including phenoxy) is 4. The largest absolute Gasteiger partial charge is 0.494 e. The van der Waals surface area contributed by atoms with Crippen LogP contribution in [0.2, 0.25) is 0 Å². The van der Waals surface area contributed by atoms with E-state index in [0.717, 1.165) is 44.9 Å². The van der Waals surface area contributed by atoms with E-state index in [-0.39, 0.29) is 18.5 Å². The van der Waals surface area contributed by atoms with Crippen molar-refractivity contribution in [1.29, 1.82) is 0 Å². The van der Waals surface area contributed by atoms with Gasteiger partial charge in [-0.1, -0.05) is 24.3 Å².